The molecule has 0 aliphatic heterocycles. The van der Waals surface area contributed by atoms with Crippen LogP contribution in [0.15, 0.2) is 65.3 Å². The van der Waals surface area contributed by atoms with E-state index in [4.69, 9.17) is 4.42 Å². The van der Waals surface area contributed by atoms with Gasteiger partial charge in [-0.3, -0.25) is 4.98 Å². The summed E-state index contributed by atoms with van der Waals surface area (Å²) in [7, 11) is 0. The zero-order chi connectivity index (χ0) is 17.2. The number of aromatic nitrogens is 2. The first-order chi connectivity index (χ1) is 12.2. The number of oxazole rings is 1. The molecule has 0 spiro atoms. The first-order valence-corrected chi connectivity index (χ1v) is 7.63. The molecule has 0 aliphatic carbocycles. The Morgan fingerprint density at radius 2 is 1.84 bits per heavy atom. The van der Waals surface area contributed by atoms with E-state index in [-0.39, 0.29) is 5.56 Å². The normalized spacial score (nSPS) is 11.4. The lowest BCUT2D eigenvalue weighted by molar-refractivity contribution is 0.581. The lowest BCUT2D eigenvalue weighted by atomic mass is 10.1. The van der Waals surface area contributed by atoms with Crippen molar-refractivity contribution in [3.63, 3.8) is 0 Å². The molecule has 0 saturated heterocycles. The standard InChI is InChI=1S/C20H12F2N2O/c21-16-6-3-13(17(22)11-16)5-8-20-24-18-10-14(4-7-19(18)25-20)15-2-1-9-23-12-15/h1-12H. The van der Waals surface area contributed by atoms with Gasteiger partial charge in [0.25, 0.3) is 0 Å². The number of hydrogen-bond acceptors (Lipinski definition) is 3. The molecular formula is C20H12F2N2O. The Hall–Kier alpha value is -3.34. The number of pyridine rings is 1. The van der Waals surface area contributed by atoms with E-state index in [1.54, 1.807) is 18.5 Å². The van der Waals surface area contributed by atoms with Crippen LogP contribution in [0.25, 0.3) is 34.4 Å². The predicted octanol–water partition coefficient (Wildman–Crippen LogP) is 5.34. The average Bonchev–Trinajstić information content (AvgIpc) is 3.04. The first-order valence-electron chi connectivity index (χ1n) is 7.63. The summed E-state index contributed by atoms with van der Waals surface area (Å²) in [5, 5.41) is 0. The molecule has 122 valence electrons. The molecule has 4 rings (SSSR count). The molecule has 5 heteroatoms. The maximum atomic E-state index is 13.7. The van der Waals surface area contributed by atoms with Crippen LogP contribution in [0.2, 0.25) is 0 Å². The fourth-order valence-electron chi connectivity index (χ4n) is 2.53. The zero-order valence-electron chi connectivity index (χ0n) is 13.0. The van der Waals surface area contributed by atoms with Crippen molar-refractivity contribution >= 4 is 23.3 Å². The minimum atomic E-state index is -0.633. The number of fused-ring (bicyclic) bond motifs is 1. The topological polar surface area (TPSA) is 38.9 Å². The van der Waals surface area contributed by atoms with Crippen LogP contribution in [-0.2, 0) is 0 Å². The molecular weight excluding hydrogens is 322 g/mol. The third-order valence-electron chi connectivity index (χ3n) is 3.77. The molecule has 0 fully saturated rings. The third-order valence-corrected chi connectivity index (χ3v) is 3.77. The van der Waals surface area contributed by atoms with Crippen LogP contribution < -0.4 is 0 Å². The van der Waals surface area contributed by atoms with Crippen LogP contribution in [0.3, 0.4) is 0 Å². The number of hydrogen-bond donors (Lipinski definition) is 0. The Morgan fingerprint density at radius 3 is 2.64 bits per heavy atom. The van der Waals surface area contributed by atoms with Crippen molar-refractivity contribution in [3.05, 3.63) is 84.0 Å². The monoisotopic (exact) mass is 334 g/mol. The molecule has 0 N–H and O–H groups in total. The first kappa shape index (κ1) is 15.2. The molecule has 0 unspecified atom stereocenters. The summed E-state index contributed by atoms with van der Waals surface area (Å²) in [5.74, 6) is -0.896. The smallest absolute Gasteiger partial charge is 0.220 e. The molecule has 0 amide bonds. The van der Waals surface area contributed by atoms with Crippen LogP contribution in [0.4, 0.5) is 8.78 Å². The highest BCUT2D eigenvalue weighted by Crippen LogP contribution is 2.25. The zero-order valence-corrected chi connectivity index (χ0v) is 13.0. The van der Waals surface area contributed by atoms with Gasteiger partial charge in [0.2, 0.25) is 5.89 Å². The van der Waals surface area contributed by atoms with Gasteiger partial charge in [0.1, 0.15) is 17.2 Å². The van der Waals surface area contributed by atoms with Gasteiger partial charge in [-0.1, -0.05) is 12.1 Å². The largest absolute Gasteiger partial charge is 0.437 e. The van der Waals surface area contributed by atoms with Gasteiger partial charge in [-0.2, -0.15) is 0 Å². The van der Waals surface area contributed by atoms with Gasteiger partial charge in [-0.15, -0.1) is 0 Å². The molecule has 0 saturated carbocycles. The second-order valence-electron chi connectivity index (χ2n) is 5.48. The summed E-state index contributed by atoms with van der Waals surface area (Å²) in [6.07, 6.45) is 6.55. The molecule has 2 heterocycles. The van der Waals surface area contributed by atoms with Crippen molar-refractivity contribution in [2.24, 2.45) is 0 Å². The summed E-state index contributed by atoms with van der Waals surface area (Å²) in [4.78, 5) is 8.50. The molecule has 4 aromatic rings. The Kier molecular flexibility index (Phi) is 3.82. The van der Waals surface area contributed by atoms with E-state index in [1.807, 2.05) is 30.3 Å². The third kappa shape index (κ3) is 3.17. The van der Waals surface area contributed by atoms with E-state index in [0.29, 0.717) is 17.0 Å². The Bertz CT molecular complexity index is 1070. The second kappa shape index (κ2) is 6.28. The lowest BCUT2D eigenvalue weighted by Gasteiger charge is -1.99. The van der Waals surface area contributed by atoms with Crippen LogP contribution >= 0.6 is 0 Å². The van der Waals surface area contributed by atoms with Gasteiger partial charge in [0, 0.05) is 35.7 Å². The number of rotatable bonds is 3. The summed E-state index contributed by atoms with van der Waals surface area (Å²) >= 11 is 0. The highest BCUT2D eigenvalue weighted by atomic mass is 19.1. The van der Waals surface area contributed by atoms with Crippen molar-refractivity contribution in [1.82, 2.24) is 9.97 Å². The molecule has 2 aromatic heterocycles. The fraction of sp³-hybridized carbons (Fsp3) is 0. The van der Waals surface area contributed by atoms with Crippen molar-refractivity contribution in [3.8, 4) is 11.1 Å². The van der Waals surface area contributed by atoms with Gasteiger partial charge >= 0.3 is 0 Å². The number of halogens is 2. The Balaban J connectivity index is 1.66. The van der Waals surface area contributed by atoms with Crippen LogP contribution in [0, 0.1) is 11.6 Å². The van der Waals surface area contributed by atoms with E-state index in [0.717, 1.165) is 17.2 Å². The van der Waals surface area contributed by atoms with Gasteiger partial charge < -0.3 is 4.42 Å². The van der Waals surface area contributed by atoms with Gasteiger partial charge in [0.05, 0.1) is 0 Å². The average molecular weight is 334 g/mol. The van der Waals surface area contributed by atoms with Gasteiger partial charge in [-0.25, -0.2) is 13.8 Å². The highest BCUT2D eigenvalue weighted by Gasteiger charge is 2.06. The summed E-state index contributed by atoms with van der Waals surface area (Å²) in [6, 6.07) is 12.9. The minimum Gasteiger partial charge on any atom is -0.437 e. The van der Waals surface area contributed by atoms with Crippen LogP contribution in [-0.4, -0.2) is 9.97 Å². The van der Waals surface area contributed by atoms with Crippen molar-refractivity contribution in [2.75, 3.05) is 0 Å². The molecule has 0 bridgehead atoms. The number of nitrogens with zero attached hydrogens (tertiary/aromatic N) is 2. The Morgan fingerprint density at radius 1 is 0.920 bits per heavy atom. The highest BCUT2D eigenvalue weighted by molar-refractivity contribution is 5.81. The van der Waals surface area contributed by atoms with E-state index in [1.165, 1.54) is 18.2 Å². The molecule has 3 nitrogen and oxygen atoms in total. The minimum absolute atomic E-state index is 0.264. The van der Waals surface area contributed by atoms with E-state index in [9.17, 15) is 8.78 Å². The molecule has 0 radical (unpaired) electrons. The van der Waals surface area contributed by atoms with E-state index < -0.39 is 11.6 Å². The molecule has 0 atom stereocenters. The van der Waals surface area contributed by atoms with E-state index in [2.05, 4.69) is 9.97 Å². The second-order valence-corrected chi connectivity index (χ2v) is 5.48. The Labute approximate surface area is 142 Å². The van der Waals surface area contributed by atoms with Crippen molar-refractivity contribution in [2.45, 2.75) is 0 Å². The van der Waals surface area contributed by atoms with E-state index >= 15 is 0 Å². The van der Waals surface area contributed by atoms with Crippen molar-refractivity contribution in [1.29, 1.82) is 0 Å². The summed E-state index contributed by atoms with van der Waals surface area (Å²) in [5.41, 5.74) is 3.55. The SMILES string of the molecule is Fc1ccc(C=Cc2nc3cc(-c4cccnc4)ccc3o2)c(F)c1. The molecule has 0 aliphatic rings. The van der Waals surface area contributed by atoms with Crippen LogP contribution in [0.5, 0.6) is 0 Å². The van der Waals surface area contributed by atoms with Crippen LogP contribution in [0.1, 0.15) is 11.5 Å². The lowest BCUT2D eigenvalue weighted by Crippen LogP contribution is -1.83. The molecule has 25 heavy (non-hydrogen) atoms. The quantitative estimate of drug-likeness (QED) is 0.508. The van der Waals surface area contributed by atoms with Gasteiger partial charge in [0.15, 0.2) is 5.58 Å². The number of benzene rings is 2. The maximum Gasteiger partial charge on any atom is 0.220 e. The summed E-state index contributed by atoms with van der Waals surface area (Å²) < 4.78 is 32.2. The summed E-state index contributed by atoms with van der Waals surface area (Å²) in [6.45, 7) is 0. The molecule has 2 aromatic carbocycles. The van der Waals surface area contributed by atoms with Gasteiger partial charge in [-0.05, 0) is 42.0 Å². The predicted molar refractivity (Wildman–Crippen MR) is 92.5 cm³/mol. The van der Waals surface area contributed by atoms with Crippen molar-refractivity contribution < 1.29 is 13.2 Å². The fourth-order valence-corrected chi connectivity index (χ4v) is 2.53. The maximum absolute atomic E-state index is 13.7.